The third-order valence-electron chi connectivity index (χ3n) is 5.75. The molecule has 2 aromatic rings. The van der Waals surface area contributed by atoms with E-state index < -0.39 is 0 Å². The van der Waals surface area contributed by atoms with E-state index in [0.717, 1.165) is 48.6 Å². The molecule has 2 aromatic carbocycles. The second kappa shape index (κ2) is 9.18. The molecule has 0 radical (unpaired) electrons. The van der Waals surface area contributed by atoms with Crippen molar-refractivity contribution < 1.29 is 23.9 Å². The van der Waals surface area contributed by atoms with Crippen molar-refractivity contribution in [3.8, 4) is 17.2 Å². The molecule has 1 saturated heterocycles. The number of hydrogen-bond donors (Lipinski definition) is 2. The van der Waals surface area contributed by atoms with E-state index in [-0.39, 0.29) is 5.91 Å². The van der Waals surface area contributed by atoms with Crippen molar-refractivity contribution in [1.29, 1.82) is 0 Å². The summed E-state index contributed by atoms with van der Waals surface area (Å²) in [5, 5.41) is 3.07. The molecular weight excluding hydrogens is 368 g/mol. The summed E-state index contributed by atoms with van der Waals surface area (Å²) in [4.78, 5) is 13.9. The zero-order valence-corrected chi connectivity index (χ0v) is 16.9. The van der Waals surface area contributed by atoms with Gasteiger partial charge in [-0.15, -0.1) is 0 Å². The molecule has 2 N–H and O–H groups in total. The van der Waals surface area contributed by atoms with E-state index in [1.54, 1.807) is 7.11 Å². The number of ether oxygens (including phenoxy) is 3. The van der Waals surface area contributed by atoms with Gasteiger partial charge >= 0.3 is 0 Å². The first-order chi connectivity index (χ1) is 14.2. The van der Waals surface area contributed by atoms with Crippen molar-refractivity contribution in [3.05, 3.63) is 53.6 Å². The first kappa shape index (κ1) is 19.6. The lowest BCUT2D eigenvalue weighted by atomic mass is 10.0. The van der Waals surface area contributed by atoms with Crippen molar-refractivity contribution in [2.75, 3.05) is 40.0 Å². The van der Waals surface area contributed by atoms with Crippen LogP contribution >= 0.6 is 0 Å². The molecule has 0 bridgehead atoms. The van der Waals surface area contributed by atoms with Gasteiger partial charge in [-0.25, -0.2) is 0 Å². The highest BCUT2D eigenvalue weighted by Gasteiger charge is 2.32. The SMILES string of the molecule is COc1ccccc1CCNC(=O)C[NH+]1CCC[C@H]1c1ccc2c(c1)OCCO2. The molecule has 1 unspecified atom stereocenters. The number of nitrogens with one attached hydrogen (secondary N) is 2. The highest BCUT2D eigenvalue weighted by Crippen LogP contribution is 2.33. The Hall–Kier alpha value is -2.73. The van der Waals surface area contributed by atoms with E-state index in [2.05, 4.69) is 17.4 Å². The summed E-state index contributed by atoms with van der Waals surface area (Å²) in [6.45, 7) is 3.31. The zero-order chi connectivity index (χ0) is 20.1. The van der Waals surface area contributed by atoms with Crippen LogP contribution in [0.5, 0.6) is 17.2 Å². The molecule has 1 amide bonds. The van der Waals surface area contributed by atoms with E-state index in [1.807, 2.05) is 30.3 Å². The van der Waals surface area contributed by atoms with Crippen molar-refractivity contribution in [3.63, 3.8) is 0 Å². The van der Waals surface area contributed by atoms with Gasteiger partial charge in [-0.05, 0) is 36.2 Å². The molecule has 29 heavy (non-hydrogen) atoms. The van der Waals surface area contributed by atoms with Crippen LogP contribution in [0.15, 0.2) is 42.5 Å². The Balaban J connectivity index is 1.32. The van der Waals surface area contributed by atoms with Crippen LogP contribution in [-0.4, -0.2) is 45.9 Å². The van der Waals surface area contributed by atoms with Crippen LogP contribution < -0.4 is 24.4 Å². The second-order valence-corrected chi connectivity index (χ2v) is 7.59. The quantitative estimate of drug-likeness (QED) is 0.744. The molecule has 0 aromatic heterocycles. The van der Waals surface area contributed by atoms with E-state index >= 15 is 0 Å². The predicted molar refractivity (Wildman–Crippen MR) is 110 cm³/mol. The maximum Gasteiger partial charge on any atom is 0.275 e. The molecule has 2 aliphatic heterocycles. The number of likely N-dealkylation sites (tertiary alicyclic amines) is 1. The first-order valence-corrected chi connectivity index (χ1v) is 10.4. The number of methoxy groups -OCH3 is 1. The van der Waals surface area contributed by atoms with Crippen LogP contribution in [0.1, 0.15) is 30.0 Å². The monoisotopic (exact) mass is 397 g/mol. The normalized spacial score (nSPS) is 20.3. The number of benzene rings is 2. The summed E-state index contributed by atoms with van der Waals surface area (Å²) in [5.74, 6) is 2.60. The van der Waals surface area contributed by atoms with Gasteiger partial charge in [0.25, 0.3) is 5.91 Å². The molecule has 154 valence electrons. The summed E-state index contributed by atoms with van der Waals surface area (Å²) in [6, 6.07) is 14.4. The van der Waals surface area contributed by atoms with Gasteiger partial charge in [0, 0.05) is 24.9 Å². The minimum Gasteiger partial charge on any atom is -0.496 e. The molecule has 2 atom stereocenters. The van der Waals surface area contributed by atoms with Crippen LogP contribution in [0.4, 0.5) is 0 Å². The molecule has 0 saturated carbocycles. The zero-order valence-electron chi connectivity index (χ0n) is 16.9. The van der Waals surface area contributed by atoms with Gasteiger partial charge in [-0.3, -0.25) is 4.79 Å². The lowest BCUT2D eigenvalue weighted by Gasteiger charge is -2.24. The van der Waals surface area contributed by atoms with E-state index in [1.165, 1.54) is 10.5 Å². The number of hydrogen-bond acceptors (Lipinski definition) is 4. The smallest absolute Gasteiger partial charge is 0.275 e. The van der Waals surface area contributed by atoms with Crippen LogP contribution in [-0.2, 0) is 11.2 Å². The average molecular weight is 397 g/mol. The summed E-state index contributed by atoms with van der Waals surface area (Å²) in [6.07, 6.45) is 2.98. The maximum atomic E-state index is 12.5. The number of carbonyl (C=O) groups excluding carboxylic acids is 1. The van der Waals surface area contributed by atoms with Gasteiger partial charge in [0.2, 0.25) is 0 Å². The maximum absolute atomic E-state index is 12.5. The number of carbonyl (C=O) groups is 1. The summed E-state index contributed by atoms with van der Waals surface area (Å²) in [5.41, 5.74) is 2.33. The van der Waals surface area contributed by atoms with E-state index in [0.29, 0.717) is 32.3 Å². The number of rotatable bonds is 7. The van der Waals surface area contributed by atoms with Crippen molar-refractivity contribution in [1.82, 2.24) is 5.32 Å². The molecule has 1 fully saturated rings. The molecule has 2 heterocycles. The summed E-state index contributed by atoms with van der Waals surface area (Å²) in [7, 11) is 1.67. The lowest BCUT2D eigenvalue weighted by molar-refractivity contribution is -0.910. The van der Waals surface area contributed by atoms with E-state index in [9.17, 15) is 4.79 Å². The molecular formula is C23H29N2O4+. The molecule has 2 aliphatic rings. The van der Waals surface area contributed by atoms with Gasteiger partial charge < -0.3 is 24.4 Å². The summed E-state index contributed by atoms with van der Waals surface area (Å²) < 4.78 is 16.7. The van der Waals surface area contributed by atoms with Crippen molar-refractivity contribution in [2.45, 2.75) is 25.3 Å². The minimum atomic E-state index is 0.0966. The topological polar surface area (TPSA) is 61.2 Å². The van der Waals surface area contributed by atoms with Gasteiger partial charge in [0.1, 0.15) is 25.0 Å². The molecule has 0 aliphatic carbocycles. The van der Waals surface area contributed by atoms with Gasteiger partial charge in [-0.1, -0.05) is 18.2 Å². The average Bonchev–Trinajstić information content (AvgIpc) is 3.21. The molecule has 4 rings (SSSR count). The standard InChI is InChI=1S/C23H28N2O4/c1-27-20-7-3-2-5-17(20)10-11-24-23(26)16-25-12-4-6-19(25)18-8-9-21-22(15-18)29-14-13-28-21/h2-3,5,7-9,15,19H,4,6,10-14,16H2,1H3,(H,24,26)/p+1/t19-/m0/s1. The lowest BCUT2D eigenvalue weighted by Crippen LogP contribution is -3.11. The predicted octanol–water partition coefficient (Wildman–Crippen LogP) is 1.55. The van der Waals surface area contributed by atoms with E-state index in [4.69, 9.17) is 14.2 Å². The fourth-order valence-corrected chi connectivity index (χ4v) is 4.32. The highest BCUT2D eigenvalue weighted by molar-refractivity contribution is 5.76. The fourth-order valence-electron chi connectivity index (χ4n) is 4.32. The largest absolute Gasteiger partial charge is 0.496 e. The number of amides is 1. The van der Waals surface area contributed by atoms with Crippen molar-refractivity contribution >= 4 is 5.91 Å². The molecule has 0 spiro atoms. The van der Waals surface area contributed by atoms with Gasteiger partial charge in [0.15, 0.2) is 18.0 Å². The van der Waals surface area contributed by atoms with Crippen LogP contribution in [0.3, 0.4) is 0 Å². The first-order valence-electron chi connectivity index (χ1n) is 10.4. The van der Waals surface area contributed by atoms with Gasteiger partial charge in [0.05, 0.1) is 13.7 Å². The highest BCUT2D eigenvalue weighted by atomic mass is 16.6. The van der Waals surface area contributed by atoms with Crippen LogP contribution in [0, 0.1) is 0 Å². The van der Waals surface area contributed by atoms with Crippen molar-refractivity contribution in [2.24, 2.45) is 0 Å². The fraction of sp³-hybridized carbons (Fsp3) is 0.435. The minimum absolute atomic E-state index is 0.0966. The third kappa shape index (κ3) is 4.65. The number of quaternary nitrogens is 1. The Morgan fingerprint density at radius 3 is 2.86 bits per heavy atom. The second-order valence-electron chi connectivity index (χ2n) is 7.59. The van der Waals surface area contributed by atoms with Gasteiger partial charge in [-0.2, -0.15) is 0 Å². The van der Waals surface area contributed by atoms with Crippen LogP contribution in [0.2, 0.25) is 0 Å². The Kier molecular flexibility index (Phi) is 6.20. The Morgan fingerprint density at radius 2 is 2.00 bits per heavy atom. The third-order valence-corrected chi connectivity index (χ3v) is 5.75. The number of fused-ring (bicyclic) bond motifs is 1. The Bertz CT molecular complexity index is 855. The Labute approximate surface area is 171 Å². The number of para-hydroxylation sites is 1. The molecule has 6 nitrogen and oxygen atoms in total. The summed E-state index contributed by atoms with van der Waals surface area (Å²) >= 11 is 0. The van der Waals surface area contributed by atoms with Crippen LogP contribution in [0.25, 0.3) is 0 Å². The molecule has 6 heteroatoms. The Morgan fingerprint density at radius 1 is 1.17 bits per heavy atom.